The SMILES string of the molecule is Cc1cc(-c2nc(-c3ccc4c(c3)CN(C3CC(C(=O)O)C3)C4)no2)c(F)cc1-c1ccncc1F. The van der Waals surface area contributed by atoms with Gasteiger partial charge in [0.05, 0.1) is 17.7 Å². The number of rotatable bonds is 5. The minimum Gasteiger partial charge on any atom is -0.481 e. The van der Waals surface area contributed by atoms with Crippen molar-refractivity contribution in [3.05, 3.63) is 77.1 Å². The Morgan fingerprint density at radius 2 is 1.83 bits per heavy atom. The molecule has 0 spiro atoms. The molecule has 9 heteroatoms. The van der Waals surface area contributed by atoms with Crippen molar-refractivity contribution in [1.82, 2.24) is 20.0 Å². The number of pyridine rings is 1. The monoisotopic (exact) mass is 488 g/mol. The van der Waals surface area contributed by atoms with Gasteiger partial charge in [0, 0.05) is 36.5 Å². The van der Waals surface area contributed by atoms with E-state index in [1.165, 1.54) is 23.9 Å². The van der Waals surface area contributed by atoms with E-state index in [0.29, 0.717) is 29.8 Å². The van der Waals surface area contributed by atoms with Crippen molar-refractivity contribution in [3.8, 4) is 34.0 Å². The molecule has 0 atom stereocenters. The third kappa shape index (κ3) is 3.85. The van der Waals surface area contributed by atoms with Gasteiger partial charge in [-0.3, -0.25) is 14.7 Å². The third-order valence-corrected chi connectivity index (χ3v) is 7.22. The van der Waals surface area contributed by atoms with Crippen LogP contribution in [0.1, 0.15) is 29.5 Å². The Morgan fingerprint density at radius 1 is 1.03 bits per heavy atom. The zero-order valence-electron chi connectivity index (χ0n) is 19.4. The molecule has 1 N–H and O–H groups in total. The number of carboxylic acids is 1. The molecule has 1 aliphatic heterocycles. The molecule has 7 nitrogen and oxygen atoms in total. The zero-order valence-corrected chi connectivity index (χ0v) is 19.4. The van der Waals surface area contributed by atoms with Crippen molar-refractivity contribution in [3.63, 3.8) is 0 Å². The number of halogens is 2. The predicted octanol–water partition coefficient (Wildman–Crippen LogP) is 5.23. The van der Waals surface area contributed by atoms with Crippen LogP contribution in [0.2, 0.25) is 0 Å². The molecule has 4 aromatic rings. The number of nitrogens with zero attached hydrogens (tertiary/aromatic N) is 4. The average Bonchev–Trinajstić information content (AvgIpc) is 3.46. The van der Waals surface area contributed by atoms with E-state index in [1.54, 1.807) is 13.0 Å². The Kier molecular flexibility index (Phi) is 5.37. The number of hydrogen-bond acceptors (Lipinski definition) is 6. The van der Waals surface area contributed by atoms with Crippen LogP contribution in [0.3, 0.4) is 0 Å². The Balaban J connectivity index is 1.23. The molecule has 0 radical (unpaired) electrons. The van der Waals surface area contributed by atoms with Crippen LogP contribution in [0.4, 0.5) is 8.78 Å². The number of aromatic nitrogens is 3. The zero-order chi connectivity index (χ0) is 25.0. The van der Waals surface area contributed by atoms with Crippen molar-refractivity contribution >= 4 is 5.97 Å². The van der Waals surface area contributed by atoms with E-state index in [2.05, 4.69) is 20.0 Å². The molecule has 3 heterocycles. The van der Waals surface area contributed by atoms with Gasteiger partial charge in [0.1, 0.15) is 11.6 Å². The Bertz CT molecular complexity index is 1500. The second-order valence-electron chi connectivity index (χ2n) is 9.47. The molecule has 2 aliphatic rings. The number of hydrogen-bond donors (Lipinski definition) is 1. The normalized spacial score (nSPS) is 19.2. The summed E-state index contributed by atoms with van der Waals surface area (Å²) in [5.74, 6) is -1.68. The minimum absolute atomic E-state index is 0.0451. The Morgan fingerprint density at radius 3 is 2.61 bits per heavy atom. The number of fused-ring (bicyclic) bond motifs is 1. The first-order chi connectivity index (χ1) is 17.4. The highest BCUT2D eigenvalue weighted by Gasteiger charge is 2.39. The van der Waals surface area contributed by atoms with Gasteiger partial charge < -0.3 is 9.63 Å². The molecular weight excluding hydrogens is 466 g/mol. The van der Waals surface area contributed by atoms with Crippen LogP contribution >= 0.6 is 0 Å². The summed E-state index contributed by atoms with van der Waals surface area (Å²) in [5, 5.41) is 13.2. The number of aryl methyl sites for hydroxylation is 1. The lowest BCUT2D eigenvalue weighted by atomic mass is 9.79. The smallest absolute Gasteiger partial charge is 0.306 e. The molecule has 0 unspecified atom stereocenters. The van der Waals surface area contributed by atoms with E-state index in [9.17, 15) is 9.18 Å². The fourth-order valence-electron chi connectivity index (χ4n) is 5.09. The van der Waals surface area contributed by atoms with Crippen LogP contribution in [0.25, 0.3) is 34.0 Å². The highest BCUT2D eigenvalue weighted by Crippen LogP contribution is 2.38. The quantitative estimate of drug-likeness (QED) is 0.411. The van der Waals surface area contributed by atoms with E-state index in [4.69, 9.17) is 9.63 Å². The molecule has 36 heavy (non-hydrogen) atoms. The van der Waals surface area contributed by atoms with Crippen molar-refractivity contribution in [2.24, 2.45) is 5.92 Å². The molecule has 1 fully saturated rings. The molecule has 0 amide bonds. The molecule has 6 rings (SSSR count). The lowest BCUT2D eigenvalue weighted by molar-refractivity contribution is -0.147. The second kappa shape index (κ2) is 8.60. The van der Waals surface area contributed by atoms with Crippen molar-refractivity contribution < 1.29 is 23.2 Å². The van der Waals surface area contributed by atoms with Crippen LogP contribution in [0.5, 0.6) is 0 Å². The second-order valence-corrected chi connectivity index (χ2v) is 9.47. The standard InChI is InChI=1S/C27H22F2N4O3/c1-14-6-22(23(28)10-21(14)20-4-5-30-11-24(20)29)26-31-25(32-36-26)15-2-3-16-12-33(13-18(16)7-15)19-8-17(9-19)27(34)35/h2-7,10-11,17,19H,8-9,12-13H2,1H3,(H,34,35). The number of carbonyl (C=O) groups is 1. The lowest BCUT2D eigenvalue weighted by Crippen LogP contribution is -2.44. The molecular formula is C27H22F2N4O3. The van der Waals surface area contributed by atoms with Crippen molar-refractivity contribution in [1.29, 1.82) is 0 Å². The summed E-state index contributed by atoms with van der Waals surface area (Å²) >= 11 is 0. The summed E-state index contributed by atoms with van der Waals surface area (Å²) in [7, 11) is 0. The van der Waals surface area contributed by atoms with Crippen LogP contribution in [-0.4, -0.2) is 37.1 Å². The maximum Gasteiger partial charge on any atom is 0.306 e. The summed E-state index contributed by atoms with van der Waals surface area (Å²) in [4.78, 5) is 21.6. The van der Waals surface area contributed by atoms with Gasteiger partial charge in [0.25, 0.3) is 5.89 Å². The Hall–Kier alpha value is -3.98. The summed E-state index contributed by atoms with van der Waals surface area (Å²) in [6.45, 7) is 3.30. The van der Waals surface area contributed by atoms with Gasteiger partial charge in [-0.15, -0.1) is 0 Å². The number of carboxylic acid groups (broad SMARTS) is 1. The number of benzene rings is 2. The van der Waals surface area contributed by atoms with Crippen LogP contribution < -0.4 is 0 Å². The molecule has 0 saturated heterocycles. The number of aliphatic carboxylic acids is 1. The predicted molar refractivity (Wildman–Crippen MR) is 126 cm³/mol. The Labute approximate surface area is 205 Å². The average molecular weight is 488 g/mol. The van der Waals surface area contributed by atoms with Gasteiger partial charge in [-0.25, -0.2) is 8.78 Å². The van der Waals surface area contributed by atoms with Crippen molar-refractivity contribution in [2.75, 3.05) is 0 Å². The van der Waals surface area contributed by atoms with E-state index in [0.717, 1.165) is 30.4 Å². The highest BCUT2D eigenvalue weighted by atomic mass is 19.1. The third-order valence-electron chi connectivity index (χ3n) is 7.22. The van der Waals surface area contributed by atoms with Gasteiger partial charge in [-0.1, -0.05) is 17.3 Å². The molecule has 2 aromatic heterocycles. The van der Waals surface area contributed by atoms with E-state index in [1.807, 2.05) is 18.2 Å². The maximum absolute atomic E-state index is 15.1. The van der Waals surface area contributed by atoms with E-state index >= 15 is 4.39 Å². The van der Waals surface area contributed by atoms with Crippen molar-refractivity contribution in [2.45, 2.75) is 38.9 Å². The molecule has 0 bridgehead atoms. The first-order valence-electron chi connectivity index (χ1n) is 11.7. The highest BCUT2D eigenvalue weighted by molar-refractivity contribution is 5.72. The molecule has 1 saturated carbocycles. The first kappa shape index (κ1) is 22.5. The van der Waals surface area contributed by atoms with Gasteiger partial charge in [-0.05, 0) is 66.3 Å². The van der Waals surface area contributed by atoms with Gasteiger partial charge in [0.15, 0.2) is 0 Å². The largest absolute Gasteiger partial charge is 0.481 e. The van der Waals surface area contributed by atoms with E-state index < -0.39 is 17.6 Å². The molecule has 182 valence electrons. The summed E-state index contributed by atoms with van der Waals surface area (Å²) in [6, 6.07) is 10.6. The topological polar surface area (TPSA) is 92.4 Å². The van der Waals surface area contributed by atoms with Crippen LogP contribution in [-0.2, 0) is 17.9 Å². The first-order valence-corrected chi connectivity index (χ1v) is 11.7. The molecule has 2 aromatic carbocycles. The minimum atomic E-state index is -0.719. The summed E-state index contributed by atoms with van der Waals surface area (Å²) in [5.41, 5.74) is 4.61. The van der Waals surface area contributed by atoms with Gasteiger partial charge in [0.2, 0.25) is 5.82 Å². The van der Waals surface area contributed by atoms with E-state index in [-0.39, 0.29) is 29.0 Å². The van der Waals surface area contributed by atoms with Crippen LogP contribution in [0, 0.1) is 24.5 Å². The summed E-state index contributed by atoms with van der Waals surface area (Å²) in [6.07, 6.45) is 3.92. The van der Waals surface area contributed by atoms with Crippen LogP contribution in [0.15, 0.2) is 53.3 Å². The summed E-state index contributed by atoms with van der Waals surface area (Å²) < 4.78 is 34.6. The molecule has 1 aliphatic carbocycles. The van der Waals surface area contributed by atoms with Gasteiger partial charge in [-0.2, -0.15) is 4.98 Å². The fraction of sp³-hybridized carbons (Fsp3) is 0.259. The maximum atomic E-state index is 15.1. The fourth-order valence-corrected chi connectivity index (χ4v) is 5.09. The lowest BCUT2D eigenvalue weighted by Gasteiger charge is -2.39. The van der Waals surface area contributed by atoms with Gasteiger partial charge >= 0.3 is 5.97 Å².